The van der Waals surface area contributed by atoms with Gasteiger partial charge in [-0.2, -0.15) is 0 Å². The molecule has 4 nitrogen and oxygen atoms in total. The normalized spacial score (nSPS) is 12.2. The lowest BCUT2D eigenvalue weighted by atomic mass is 9.87. The number of hydrogen-bond acceptors (Lipinski definition) is 3. The summed E-state index contributed by atoms with van der Waals surface area (Å²) in [4.78, 5) is 25.1. The molecule has 1 atom stereocenters. The summed E-state index contributed by atoms with van der Waals surface area (Å²) >= 11 is 17.6. The molecule has 0 bridgehead atoms. The molecule has 0 spiro atoms. The van der Waals surface area contributed by atoms with Crippen molar-refractivity contribution in [2.75, 3.05) is 0 Å². The molecule has 29 heavy (non-hydrogen) atoms. The molecular formula is C22H24Cl2N2O2S. The molecule has 0 aliphatic heterocycles. The lowest BCUT2D eigenvalue weighted by Crippen LogP contribution is -2.54. The molecule has 1 N–H and O–H groups in total. The second kappa shape index (κ2) is 9.24. The molecule has 0 aliphatic carbocycles. The zero-order valence-electron chi connectivity index (χ0n) is 17.0. The molecule has 0 fully saturated rings. The highest BCUT2D eigenvalue weighted by Crippen LogP contribution is 2.27. The highest BCUT2D eigenvalue weighted by molar-refractivity contribution is 7.80. The van der Waals surface area contributed by atoms with E-state index in [0.717, 1.165) is 0 Å². The summed E-state index contributed by atoms with van der Waals surface area (Å²) in [7, 11) is 0. The zero-order valence-corrected chi connectivity index (χ0v) is 19.4. The first-order valence-electron chi connectivity index (χ1n) is 9.12. The van der Waals surface area contributed by atoms with Crippen LogP contribution in [0.25, 0.3) is 0 Å². The number of hydrazine groups is 1. The predicted octanol–water partition coefficient (Wildman–Crippen LogP) is 5.95. The number of thiocarbonyl (C=S) groups is 1. The first-order valence-corrected chi connectivity index (χ1v) is 10.3. The van der Waals surface area contributed by atoms with E-state index in [2.05, 4.69) is 5.43 Å². The molecule has 154 valence electrons. The van der Waals surface area contributed by atoms with Crippen LogP contribution in [0, 0.1) is 5.41 Å². The van der Waals surface area contributed by atoms with Crippen LogP contribution in [-0.2, 0) is 0 Å². The molecule has 0 saturated carbocycles. The van der Waals surface area contributed by atoms with Gasteiger partial charge in [-0.25, -0.2) is 5.01 Å². The van der Waals surface area contributed by atoms with Crippen LogP contribution in [0.1, 0.15) is 60.9 Å². The van der Waals surface area contributed by atoms with E-state index in [-0.39, 0.29) is 23.1 Å². The number of hydrogen-bond donors (Lipinski definition) is 1. The minimum atomic E-state index is -0.270. The van der Waals surface area contributed by atoms with Gasteiger partial charge in [-0.1, -0.05) is 80.5 Å². The molecule has 1 unspecified atom stereocenters. The van der Waals surface area contributed by atoms with Crippen molar-refractivity contribution >= 4 is 52.1 Å². The fraction of sp³-hybridized carbons (Fsp3) is 0.318. The Balaban J connectivity index is 2.35. The Morgan fingerprint density at radius 1 is 0.966 bits per heavy atom. The Morgan fingerprint density at radius 3 is 1.97 bits per heavy atom. The van der Waals surface area contributed by atoms with Crippen LogP contribution in [0.15, 0.2) is 42.5 Å². The predicted molar refractivity (Wildman–Crippen MR) is 123 cm³/mol. The summed E-state index contributed by atoms with van der Waals surface area (Å²) < 4.78 is 0. The second-order valence-corrected chi connectivity index (χ2v) is 9.14. The molecule has 0 aromatic heterocycles. The van der Waals surface area contributed by atoms with E-state index < -0.39 is 0 Å². The lowest BCUT2D eigenvalue weighted by molar-refractivity contribution is 0.0470. The van der Waals surface area contributed by atoms with Gasteiger partial charge in [0.2, 0.25) is 0 Å². The maximum Gasteiger partial charge on any atom is 0.272 e. The summed E-state index contributed by atoms with van der Waals surface area (Å²) in [5.41, 5.74) is 4.57. The largest absolute Gasteiger partial charge is 0.295 e. The first kappa shape index (κ1) is 23.3. The van der Waals surface area contributed by atoms with Crippen LogP contribution in [0.5, 0.6) is 0 Å². The number of nitrogens with one attached hydrogen (secondary N) is 1. The quantitative estimate of drug-likeness (QED) is 0.354. The van der Waals surface area contributed by atoms with Crippen LogP contribution in [0.4, 0.5) is 0 Å². The van der Waals surface area contributed by atoms with E-state index in [1.165, 1.54) is 11.9 Å². The molecule has 2 aromatic carbocycles. The Morgan fingerprint density at radius 2 is 1.48 bits per heavy atom. The van der Waals surface area contributed by atoms with E-state index in [0.29, 0.717) is 31.7 Å². The van der Waals surface area contributed by atoms with Crippen molar-refractivity contribution in [2.45, 2.75) is 40.7 Å². The number of ketones is 1. The van der Waals surface area contributed by atoms with Gasteiger partial charge in [0, 0.05) is 16.7 Å². The molecule has 0 aliphatic rings. The van der Waals surface area contributed by atoms with Gasteiger partial charge in [0.15, 0.2) is 5.78 Å². The van der Waals surface area contributed by atoms with Crippen LogP contribution >= 0.6 is 35.4 Å². The maximum atomic E-state index is 13.3. The van der Waals surface area contributed by atoms with Crippen molar-refractivity contribution in [2.24, 2.45) is 5.41 Å². The maximum absolute atomic E-state index is 13.3. The van der Waals surface area contributed by atoms with Gasteiger partial charge >= 0.3 is 0 Å². The third kappa shape index (κ3) is 5.78. The number of carbonyl (C=O) groups excluding carboxylic acids is 2. The lowest BCUT2D eigenvalue weighted by Gasteiger charge is -2.38. The van der Waals surface area contributed by atoms with Crippen molar-refractivity contribution in [1.29, 1.82) is 0 Å². The molecule has 0 heterocycles. The van der Waals surface area contributed by atoms with E-state index in [9.17, 15) is 9.59 Å². The summed E-state index contributed by atoms with van der Waals surface area (Å²) in [5, 5.41) is 2.21. The monoisotopic (exact) mass is 450 g/mol. The zero-order chi connectivity index (χ0) is 21.9. The number of amides is 1. The van der Waals surface area contributed by atoms with Crippen molar-refractivity contribution in [3.05, 3.63) is 69.2 Å². The number of rotatable bonds is 4. The van der Waals surface area contributed by atoms with E-state index in [4.69, 9.17) is 35.4 Å². The fourth-order valence-corrected chi connectivity index (χ4v) is 3.04. The summed E-state index contributed by atoms with van der Waals surface area (Å²) in [6.45, 7) is 9.58. The molecule has 2 rings (SSSR count). The number of nitrogens with zero attached hydrogens (tertiary/aromatic N) is 1. The first-order chi connectivity index (χ1) is 13.4. The van der Waals surface area contributed by atoms with Crippen molar-refractivity contribution in [3.8, 4) is 0 Å². The van der Waals surface area contributed by atoms with Gasteiger partial charge in [0.1, 0.15) is 4.99 Å². The van der Waals surface area contributed by atoms with Gasteiger partial charge in [-0.05, 0) is 37.5 Å². The van der Waals surface area contributed by atoms with Crippen LogP contribution in [0.2, 0.25) is 10.0 Å². The smallest absolute Gasteiger partial charge is 0.272 e. The second-order valence-electron chi connectivity index (χ2n) is 7.92. The SMILES string of the molecule is CC(=O)c1ccc(C(=S)NN(C(=O)c2ccc(Cl)c(Cl)c2)C(C)C(C)(C)C)cc1. The molecule has 0 radical (unpaired) electrons. The van der Waals surface area contributed by atoms with E-state index >= 15 is 0 Å². The molecule has 7 heteroatoms. The summed E-state index contributed by atoms with van der Waals surface area (Å²) in [5.74, 6) is -0.290. The Bertz CT molecular complexity index is 937. The standard InChI is InChI=1S/C22H24Cl2N2O2S/c1-13(27)15-6-8-16(9-7-15)20(29)25-26(14(2)22(3,4)5)21(28)17-10-11-18(23)19(24)12-17/h6-12,14H,1-5H3,(H,25,29). The Labute approximate surface area is 187 Å². The minimum absolute atomic E-state index is 0.0202. The van der Waals surface area contributed by atoms with Crippen molar-refractivity contribution in [1.82, 2.24) is 10.4 Å². The number of Topliss-reactive ketones (excluding diaryl/α,β-unsaturated/α-hetero) is 1. The highest BCUT2D eigenvalue weighted by atomic mass is 35.5. The highest BCUT2D eigenvalue weighted by Gasteiger charge is 2.31. The van der Waals surface area contributed by atoms with E-state index in [1.54, 1.807) is 42.5 Å². The summed E-state index contributed by atoms with van der Waals surface area (Å²) in [6, 6.07) is 11.5. The molecule has 0 saturated heterocycles. The fourth-order valence-electron chi connectivity index (χ4n) is 2.51. The van der Waals surface area contributed by atoms with Crippen molar-refractivity contribution in [3.63, 3.8) is 0 Å². The average Bonchev–Trinajstić information content (AvgIpc) is 2.66. The molecule has 2 aromatic rings. The summed E-state index contributed by atoms with van der Waals surface area (Å²) in [6.07, 6.45) is 0. The van der Waals surface area contributed by atoms with Crippen molar-refractivity contribution < 1.29 is 9.59 Å². The number of benzene rings is 2. The third-order valence-electron chi connectivity index (χ3n) is 4.80. The Kier molecular flexibility index (Phi) is 7.44. The topological polar surface area (TPSA) is 49.4 Å². The van der Waals surface area contributed by atoms with Crippen LogP contribution < -0.4 is 5.43 Å². The molecular weight excluding hydrogens is 427 g/mol. The molecule has 1 amide bonds. The van der Waals surface area contributed by atoms with Crippen LogP contribution in [0.3, 0.4) is 0 Å². The van der Waals surface area contributed by atoms with Gasteiger partial charge in [-0.3, -0.25) is 15.0 Å². The van der Waals surface area contributed by atoms with Gasteiger partial charge in [0.25, 0.3) is 5.91 Å². The van der Waals surface area contributed by atoms with Gasteiger partial charge in [0.05, 0.1) is 16.1 Å². The third-order valence-corrected chi connectivity index (χ3v) is 5.87. The van der Waals surface area contributed by atoms with E-state index in [1.807, 2.05) is 27.7 Å². The average molecular weight is 451 g/mol. The van der Waals surface area contributed by atoms with Crippen LogP contribution in [-0.4, -0.2) is 27.7 Å². The minimum Gasteiger partial charge on any atom is -0.295 e. The van der Waals surface area contributed by atoms with Gasteiger partial charge < -0.3 is 0 Å². The number of halogens is 2. The number of carbonyl (C=O) groups is 2. The Hall–Kier alpha value is -1.95. The van der Waals surface area contributed by atoms with Gasteiger partial charge in [-0.15, -0.1) is 0 Å².